The third-order valence-electron chi connectivity index (χ3n) is 2.97. The smallest absolute Gasteiger partial charge is 0.331 e. The molecule has 1 heterocycles. The Kier molecular flexibility index (Phi) is 3.19. The highest BCUT2D eigenvalue weighted by Gasteiger charge is 2.40. The summed E-state index contributed by atoms with van der Waals surface area (Å²) in [4.78, 5) is 25.4. The molecule has 1 aliphatic carbocycles. The first-order valence-corrected chi connectivity index (χ1v) is 6.46. The molecule has 0 aromatic carbocycles. The highest BCUT2D eigenvalue weighted by atomic mass is 32.1. The number of nitrogens with zero attached hydrogens (tertiary/aromatic N) is 1. The van der Waals surface area contributed by atoms with Crippen LogP contribution in [0.25, 0.3) is 0 Å². The van der Waals surface area contributed by atoms with Gasteiger partial charge in [0.2, 0.25) is 5.91 Å². The largest absolute Gasteiger partial charge is 0.479 e. The molecule has 0 saturated heterocycles. The summed E-state index contributed by atoms with van der Waals surface area (Å²) in [6, 6.07) is 1.18. The summed E-state index contributed by atoms with van der Waals surface area (Å²) in [6.07, 6.45) is 1.82. The van der Waals surface area contributed by atoms with Crippen LogP contribution in [0, 0.1) is 6.92 Å². The van der Waals surface area contributed by atoms with Crippen molar-refractivity contribution in [2.45, 2.75) is 38.8 Å². The van der Waals surface area contributed by atoms with Crippen molar-refractivity contribution in [2.24, 2.45) is 0 Å². The molecular formula is C12H15NO3S. The standard InChI is InChI=1S/C12H15NO3S/c1-7-5-6-17-11(7)10(12(15)16)13(8(2)14)9-3-4-9/h5-6,9-10H,3-4H2,1-2H3,(H,15,16). The zero-order valence-corrected chi connectivity index (χ0v) is 10.7. The fourth-order valence-electron chi connectivity index (χ4n) is 2.02. The summed E-state index contributed by atoms with van der Waals surface area (Å²) in [6.45, 7) is 3.32. The van der Waals surface area contributed by atoms with Gasteiger partial charge in [0.05, 0.1) is 0 Å². The van der Waals surface area contributed by atoms with Crippen molar-refractivity contribution in [1.82, 2.24) is 4.90 Å². The van der Waals surface area contributed by atoms with Crippen LogP contribution in [0.15, 0.2) is 11.4 Å². The fraction of sp³-hybridized carbons (Fsp3) is 0.500. The zero-order chi connectivity index (χ0) is 12.6. The number of hydrogen-bond donors (Lipinski definition) is 1. The van der Waals surface area contributed by atoms with Crippen LogP contribution in [-0.4, -0.2) is 27.9 Å². The van der Waals surface area contributed by atoms with Gasteiger partial charge in [0.25, 0.3) is 0 Å². The van der Waals surface area contributed by atoms with E-state index in [2.05, 4.69) is 0 Å². The van der Waals surface area contributed by atoms with Gasteiger partial charge < -0.3 is 10.0 Å². The van der Waals surface area contributed by atoms with Crippen molar-refractivity contribution in [3.63, 3.8) is 0 Å². The van der Waals surface area contributed by atoms with E-state index in [0.29, 0.717) is 0 Å². The van der Waals surface area contributed by atoms with Gasteiger partial charge >= 0.3 is 5.97 Å². The summed E-state index contributed by atoms with van der Waals surface area (Å²) in [5, 5.41) is 11.2. The van der Waals surface area contributed by atoms with E-state index in [-0.39, 0.29) is 11.9 Å². The molecule has 5 heteroatoms. The maximum absolute atomic E-state index is 11.6. The van der Waals surface area contributed by atoms with E-state index in [1.165, 1.54) is 23.2 Å². The van der Waals surface area contributed by atoms with Crippen LogP contribution in [0.5, 0.6) is 0 Å². The van der Waals surface area contributed by atoms with Gasteiger partial charge in [0, 0.05) is 17.8 Å². The maximum atomic E-state index is 11.6. The Hall–Kier alpha value is -1.36. The minimum Gasteiger partial charge on any atom is -0.479 e. The van der Waals surface area contributed by atoms with E-state index in [1.807, 2.05) is 18.4 Å². The Morgan fingerprint density at radius 1 is 1.53 bits per heavy atom. The average molecular weight is 253 g/mol. The van der Waals surface area contributed by atoms with Gasteiger partial charge in [-0.15, -0.1) is 11.3 Å². The zero-order valence-electron chi connectivity index (χ0n) is 9.84. The molecule has 0 bridgehead atoms. The van der Waals surface area contributed by atoms with Gasteiger partial charge in [-0.3, -0.25) is 4.79 Å². The number of hydrogen-bond acceptors (Lipinski definition) is 3. The Labute approximate surface area is 104 Å². The second kappa shape index (κ2) is 4.49. The summed E-state index contributed by atoms with van der Waals surface area (Å²) in [7, 11) is 0. The van der Waals surface area contributed by atoms with Crippen LogP contribution in [-0.2, 0) is 9.59 Å². The number of carboxylic acids is 1. The van der Waals surface area contributed by atoms with E-state index >= 15 is 0 Å². The van der Waals surface area contributed by atoms with Gasteiger partial charge in [-0.1, -0.05) is 0 Å². The lowest BCUT2D eigenvalue weighted by Gasteiger charge is -2.27. The first kappa shape index (κ1) is 12.1. The molecule has 1 aromatic heterocycles. The third-order valence-corrected chi connectivity index (χ3v) is 4.04. The molecule has 2 rings (SSSR count). The topological polar surface area (TPSA) is 57.6 Å². The molecule has 1 amide bonds. The van der Waals surface area contributed by atoms with Crippen molar-refractivity contribution in [3.8, 4) is 0 Å². The normalized spacial score (nSPS) is 16.6. The number of amides is 1. The first-order chi connectivity index (χ1) is 8.02. The third kappa shape index (κ3) is 2.34. The van der Waals surface area contributed by atoms with E-state index in [1.54, 1.807) is 0 Å². The highest BCUT2D eigenvalue weighted by Crippen LogP contribution is 2.37. The molecule has 92 valence electrons. The summed E-state index contributed by atoms with van der Waals surface area (Å²) in [5.41, 5.74) is 0.939. The van der Waals surface area contributed by atoms with Crippen molar-refractivity contribution < 1.29 is 14.7 Å². The van der Waals surface area contributed by atoms with Crippen molar-refractivity contribution >= 4 is 23.2 Å². The van der Waals surface area contributed by atoms with Crippen LogP contribution in [0.3, 0.4) is 0 Å². The number of carbonyl (C=O) groups excluding carboxylic acids is 1. The van der Waals surface area contributed by atoms with Crippen LogP contribution in [0.2, 0.25) is 0 Å². The molecule has 4 nitrogen and oxygen atoms in total. The molecule has 1 atom stereocenters. The minimum absolute atomic E-state index is 0.107. The molecule has 1 aliphatic rings. The van der Waals surface area contributed by atoms with Gasteiger partial charge in [-0.25, -0.2) is 4.79 Å². The molecule has 0 aliphatic heterocycles. The van der Waals surface area contributed by atoms with Crippen LogP contribution >= 0.6 is 11.3 Å². The minimum atomic E-state index is -0.947. The Balaban J connectivity index is 2.37. The molecule has 1 N–H and O–H groups in total. The van der Waals surface area contributed by atoms with Crippen LogP contribution < -0.4 is 0 Å². The molecule has 17 heavy (non-hydrogen) atoms. The van der Waals surface area contributed by atoms with Crippen molar-refractivity contribution in [1.29, 1.82) is 0 Å². The SMILES string of the molecule is CC(=O)N(C1CC1)C(C(=O)O)c1sccc1C. The van der Waals surface area contributed by atoms with Gasteiger partial charge in [0.15, 0.2) is 6.04 Å². The fourth-order valence-corrected chi connectivity index (χ4v) is 3.04. The summed E-state index contributed by atoms with van der Waals surface area (Å²) >= 11 is 1.40. The number of carbonyl (C=O) groups is 2. The number of aliphatic carboxylic acids is 1. The van der Waals surface area contributed by atoms with E-state index < -0.39 is 12.0 Å². The molecule has 1 unspecified atom stereocenters. The second-order valence-corrected chi connectivity index (χ2v) is 5.31. The molecule has 1 saturated carbocycles. The Bertz CT molecular complexity index is 450. The molecule has 0 radical (unpaired) electrons. The predicted octanol–water partition coefficient (Wildman–Crippen LogP) is 2.19. The molecular weight excluding hydrogens is 238 g/mol. The highest BCUT2D eigenvalue weighted by molar-refractivity contribution is 7.10. The van der Waals surface area contributed by atoms with Gasteiger partial charge in [0.1, 0.15) is 0 Å². The van der Waals surface area contributed by atoms with Crippen molar-refractivity contribution in [3.05, 3.63) is 21.9 Å². The lowest BCUT2D eigenvalue weighted by molar-refractivity contribution is -0.150. The Morgan fingerprint density at radius 2 is 2.18 bits per heavy atom. The molecule has 1 aromatic rings. The van der Waals surface area contributed by atoms with Crippen molar-refractivity contribution in [2.75, 3.05) is 0 Å². The average Bonchev–Trinajstić information content (AvgIpc) is 2.97. The monoisotopic (exact) mass is 253 g/mol. The Morgan fingerprint density at radius 3 is 2.53 bits per heavy atom. The summed E-state index contributed by atoms with van der Waals surface area (Å²) in [5.74, 6) is -1.11. The van der Waals surface area contributed by atoms with E-state index in [0.717, 1.165) is 23.3 Å². The number of aryl methyl sites for hydroxylation is 1. The number of thiophene rings is 1. The van der Waals surface area contributed by atoms with Gasteiger partial charge in [-0.05, 0) is 36.8 Å². The lowest BCUT2D eigenvalue weighted by atomic mass is 10.1. The van der Waals surface area contributed by atoms with Crippen LogP contribution in [0.4, 0.5) is 0 Å². The van der Waals surface area contributed by atoms with Gasteiger partial charge in [-0.2, -0.15) is 0 Å². The molecule has 0 spiro atoms. The maximum Gasteiger partial charge on any atom is 0.331 e. The summed E-state index contributed by atoms with van der Waals surface area (Å²) < 4.78 is 0. The van der Waals surface area contributed by atoms with E-state index in [4.69, 9.17) is 0 Å². The second-order valence-electron chi connectivity index (χ2n) is 4.37. The van der Waals surface area contributed by atoms with E-state index in [9.17, 15) is 14.7 Å². The predicted molar refractivity (Wildman–Crippen MR) is 65.0 cm³/mol. The lowest BCUT2D eigenvalue weighted by Crippen LogP contribution is -2.39. The number of rotatable bonds is 4. The molecule has 1 fully saturated rings. The quantitative estimate of drug-likeness (QED) is 0.894. The number of carboxylic acid groups (broad SMARTS) is 1. The first-order valence-electron chi connectivity index (χ1n) is 5.58. The van der Waals surface area contributed by atoms with Crippen LogP contribution in [0.1, 0.15) is 36.2 Å².